The van der Waals surface area contributed by atoms with Crippen LogP contribution in [0.25, 0.3) is 0 Å². The van der Waals surface area contributed by atoms with E-state index in [9.17, 15) is 17.8 Å². The van der Waals surface area contributed by atoms with Crippen molar-refractivity contribution in [2.75, 3.05) is 0 Å². The van der Waals surface area contributed by atoms with Gasteiger partial charge >= 0.3 is 7.60 Å². The molecular weight excluding hydrogens is 213 g/mol. The lowest BCUT2D eigenvalue weighted by molar-refractivity contribution is -0.116. The second kappa shape index (κ2) is 3.11. The maximum Gasteiger partial charge on any atom is 0.355 e. The van der Waals surface area contributed by atoms with E-state index in [1.165, 1.54) is 0 Å². The lowest BCUT2D eigenvalue weighted by atomic mass is 10.7. The Labute approximate surface area is 67.3 Å². The molecule has 0 rings (SSSR count). The molecule has 1 atom stereocenters. The van der Waals surface area contributed by atoms with E-state index in [0.29, 0.717) is 0 Å². The van der Waals surface area contributed by atoms with Gasteiger partial charge in [0.05, 0.1) is 0 Å². The number of carbonyl (C=O) groups is 1. The van der Waals surface area contributed by atoms with Crippen LogP contribution in [0.15, 0.2) is 0 Å². The van der Waals surface area contributed by atoms with Crippen LogP contribution < -0.4 is 5.73 Å². The molecule has 0 heterocycles. The number of nitrogens with two attached hydrogens (primary N) is 1. The molecule has 12 heavy (non-hydrogen) atoms. The van der Waals surface area contributed by atoms with Crippen LogP contribution in [0.2, 0.25) is 0 Å². The van der Waals surface area contributed by atoms with Crippen LogP contribution in [0.1, 0.15) is 0 Å². The van der Waals surface area contributed by atoms with Gasteiger partial charge in [0.25, 0.3) is 21.0 Å². The summed E-state index contributed by atoms with van der Waals surface area (Å²) in [6.45, 7) is 0. The highest BCUT2D eigenvalue weighted by Crippen LogP contribution is 2.43. The number of hydrogen-bond donors (Lipinski definition) is 4. The molecule has 0 aliphatic heterocycles. The zero-order valence-corrected chi connectivity index (χ0v) is 7.20. The average Bonchev–Trinajstić information content (AvgIpc) is 1.49. The second-order valence-electron chi connectivity index (χ2n) is 1.86. The molecule has 8 nitrogen and oxygen atoms in total. The van der Waals surface area contributed by atoms with Crippen molar-refractivity contribution in [1.82, 2.24) is 0 Å². The van der Waals surface area contributed by atoms with Gasteiger partial charge in [0.15, 0.2) is 0 Å². The number of primary amides is 1. The van der Waals surface area contributed by atoms with Crippen molar-refractivity contribution < 1.29 is 32.1 Å². The van der Waals surface area contributed by atoms with Crippen LogP contribution in [0.4, 0.5) is 0 Å². The Morgan fingerprint density at radius 3 is 1.75 bits per heavy atom. The first-order chi connectivity index (χ1) is 5.07. The molecule has 10 heteroatoms. The van der Waals surface area contributed by atoms with Crippen molar-refractivity contribution in [3.63, 3.8) is 0 Å². The monoisotopic (exact) mass is 219 g/mol. The summed E-state index contributed by atoms with van der Waals surface area (Å²) in [5, 5.41) is 0. The van der Waals surface area contributed by atoms with Crippen LogP contribution >= 0.6 is 7.60 Å². The first-order valence-electron chi connectivity index (χ1n) is 2.37. The summed E-state index contributed by atoms with van der Waals surface area (Å²) >= 11 is 0. The van der Waals surface area contributed by atoms with E-state index < -0.39 is 28.6 Å². The lowest BCUT2D eigenvalue weighted by Crippen LogP contribution is -2.35. The van der Waals surface area contributed by atoms with Gasteiger partial charge in [-0.1, -0.05) is 0 Å². The van der Waals surface area contributed by atoms with Gasteiger partial charge in [0.2, 0.25) is 0 Å². The van der Waals surface area contributed by atoms with Gasteiger partial charge in [0, 0.05) is 0 Å². The van der Waals surface area contributed by atoms with Crippen molar-refractivity contribution in [2.45, 2.75) is 4.99 Å². The summed E-state index contributed by atoms with van der Waals surface area (Å²) < 4.78 is 38.8. The van der Waals surface area contributed by atoms with Gasteiger partial charge in [-0.15, -0.1) is 0 Å². The van der Waals surface area contributed by atoms with Crippen molar-refractivity contribution >= 4 is 23.6 Å². The van der Waals surface area contributed by atoms with E-state index >= 15 is 0 Å². The topological polar surface area (TPSA) is 155 Å². The van der Waals surface area contributed by atoms with E-state index in [-0.39, 0.29) is 0 Å². The molecular formula is C2H6NO7PS. The zero-order valence-electron chi connectivity index (χ0n) is 5.48. The predicted molar refractivity (Wildman–Crippen MR) is 36.6 cm³/mol. The zero-order chi connectivity index (χ0) is 10.2. The van der Waals surface area contributed by atoms with E-state index in [2.05, 4.69) is 5.73 Å². The molecule has 0 bridgehead atoms. The normalized spacial score (nSPS) is 15.6. The molecule has 1 amide bonds. The van der Waals surface area contributed by atoms with Gasteiger partial charge in [-0.3, -0.25) is 13.9 Å². The standard InChI is InChI=1S/C2H6NO7PS/c3-1(4)2(11(5,6)7)12(8,9)10/h2H,(H2,3,4)(H2,5,6,7)(H,8,9,10). The summed E-state index contributed by atoms with van der Waals surface area (Å²) in [7, 11) is -10.4. The number of hydrogen-bond acceptors (Lipinski definition) is 4. The second-order valence-corrected chi connectivity index (χ2v) is 5.40. The molecule has 0 aromatic carbocycles. The van der Waals surface area contributed by atoms with E-state index in [0.717, 1.165) is 0 Å². The van der Waals surface area contributed by atoms with Gasteiger partial charge in [-0.05, 0) is 0 Å². The van der Waals surface area contributed by atoms with Crippen LogP contribution in [0, 0.1) is 0 Å². The highest BCUT2D eigenvalue weighted by Gasteiger charge is 2.44. The first-order valence-corrected chi connectivity index (χ1v) is 5.56. The van der Waals surface area contributed by atoms with Crippen molar-refractivity contribution in [3.05, 3.63) is 0 Å². The summed E-state index contributed by atoms with van der Waals surface area (Å²) in [5.41, 5.74) is 4.34. The quantitative estimate of drug-likeness (QED) is 0.312. The van der Waals surface area contributed by atoms with Crippen LogP contribution in [0.5, 0.6) is 0 Å². The molecule has 72 valence electrons. The van der Waals surface area contributed by atoms with Gasteiger partial charge in [-0.25, -0.2) is 0 Å². The minimum absolute atomic E-state index is 1.80. The van der Waals surface area contributed by atoms with Gasteiger partial charge < -0.3 is 15.5 Å². The fraction of sp³-hybridized carbons (Fsp3) is 0.500. The molecule has 0 spiro atoms. The van der Waals surface area contributed by atoms with E-state index in [1.54, 1.807) is 0 Å². The fourth-order valence-electron chi connectivity index (χ4n) is 0.486. The summed E-state index contributed by atoms with van der Waals surface area (Å²) in [4.78, 5) is 23.8. The van der Waals surface area contributed by atoms with Gasteiger partial charge in [-0.2, -0.15) is 8.42 Å². The first kappa shape index (κ1) is 11.5. The minimum Gasteiger partial charge on any atom is -0.368 e. The fourth-order valence-corrected chi connectivity index (χ4v) is 2.50. The number of carbonyl (C=O) groups excluding carboxylic acids is 1. The summed E-state index contributed by atoms with van der Waals surface area (Å²) in [5.74, 6) is -1.80. The Bertz CT molecular complexity index is 325. The van der Waals surface area contributed by atoms with Crippen LogP contribution in [-0.2, 0) is 19.5 Å². The Balaban J connectivity index is 5.26. The molecule has 5 N–H and O–H groups in total. The molecule has 0 aliphatic rings. The SMILES string of the molecule is NC(=O)C(P(=O)(O)O)S(=O)(=O)O. The molecule has 1 unspecified atom stereocenters. The lowest BCUT2D eigenvalue weighted by Gasteiger charge is -2.10. The number of amides is 1. The van der Waals surface area contributed by atoms with Crippen molar-refractivity contribution in [3.8, 4) is 0 Å². The maximum absolute atomic E-state index is 10.3. The predicted octanol–water partition coefficient (Wildman–Crippen LogP) is -2.14. The molecule has 0 aromatic rings. The van der Waals surface area contributed by atoms with Crippen LogP contribution in [0.3, 0.4) is 0 Å². The highest BCUT2D eigenvalue weighted by molar-refractivity contribution is 7.94. The summed E-state index contributed by atoms with van der Waals surface area (Å²) in [6, 6.07) is 0. The Morgan fingerprint density at radius 1 is 1.42 bits per heavy atom. The third kappa shape index (κ3) is 2.88. The third-order valence-corrected chi connectivity index (χ3v) is 4.12. The largest absolute Gasteiger partial charge is 0.368 e. The number of rotatable bonds is 3. The Morgan fingerprint density at radius 2 is 1.75 bits per heavy atom. The Hall–Kier alpha value is -0.470. The molecule has 0 aliphatic carbocycles. The van der Waals surface area contributed by atoms with Crippen LogP contribution in [-0.4, -0.2) is 33.7 Å². The van der Waals surface area contributed by atoms with Crippen molar-refractivity contribution in [1.29, 1.82) is 0 Å². The van der Waals surface area contributed by atoms with E-state index in [1.807, 2.05) is 0 Å². The molecule has 0 radical (unpaired) electrons. The smallest absolute Gasteiger partial charge is 0.355 e. The average molecular weight is 219 g/mol. The van der Waals surface area contributed by atoms with E-state index in [4.69, 9.17) is 14.3 Å². The van der Waals surface area contributed by atoms with Crippen molar-refractivity contribution in [2.24, 2.45) is 5.73 Å². The molecule has 0 aromatic heterocycles. The summed E-state index contributed by atoms with van der Waals surface area (Å²) in [6.07, 6.45) is 0. The Kier molecular flexibility index (Phi) is 2.99. The molecule has 0 fully saturated rings. The highest BCUT2D eigenvalue weighted by atomic mass is 32.2. The molecule has 0 saturated carbocycles. The van der Waals surface area contributed by atoms with Gasteiger partial charge in [0.1, 0.15) is 0 Å². The molecule has 0 saturated heterocycles. The third-order valence-electron chi connectivity index (χ3n) is 0.831. The maximum atomic E-state index is 10.3. The minimum atomic E-state index is -5.27.